The molecule has 1 N–H and O–H groups in total. The third-order valence-corrected chi connectivity index (χ3v) is 3.53. The van der Waals surface area contributed by atoms with Gasteiger partial charge < -0.3 is 14.6 Å². The first-order chi connectivity index (χ1) is 10.1. The molecule has 21 heavy (non-hydrogen) atoms. The van der Waals surface area contributed by atoms with E-state index >= 15 is 0 Å². The summed E-state index contributed by atoms with van der Waals surface area (Å²) in [6.45, 7) is 8.34. The van der Waals surface area contributed by atoms with Gasteiger partial charge in [0, 0.05) is 37.1 Å². The third kappa shape index (κ3) is 4.22. The predicted molar refractivity (Wildman–Crippen MR) is 85.7 cm³/mol. The summed E-state index contributed by atoms with van der Waals surface area (Å²) in [5.41, 5.74) is 1.06. The minimum absolute atomic E-state index is 0.413. The molecule has 0 spiro atoms. The summed E-state index contributed by atoms with van der Waals surface area (Å²) < 4.78 is 7.99. The van der Waals surface area contributed by atoms with Crippen molar-refractivity contribution in [1.29, 1.82) is 0 Å². The SMILES string of the molecule is CCn1ccnc1COc1c(Cl)cccc1CNC(C)C. The minimum atomic E-state index is 0.413. The Labute approximate surface area is 131 Å². The predicted octanol–water partition coefficient (Wildman–Crippen LogP) is 3.63. The van der Waals surface area contributed by atoms with Crippen LogP contribution in [0.15, 0.2) is 30.6 Å². The number of hydrogen-bond acceptors (Lipinski definition) is 3. The number of hydrogen-bond donors (Lipinski definition) is 1. The van der Waals surface area contributed by atoms with Gasteiger partial charge in [0.15, 0.2) is 0 Å². The molecule has 0 aliphatic rings. The van der Waals surface area contributed by atoms with Gasteiger partial charge in [0.05, 0.1) is 5.02 Å². The number of halogens is 1. The number of aromatic nitrogens is 2. The first-order valence-electron chi connectivity index (χ1n) is 7.25. The lowest BCUT2D eigenvalue weighted by molar-refractivity contribution is 0.286. The van der Waals surface area contributed by atoms with Crippen LogP contribution in [0.4, 0.5) is 0 Å². The van der Waals surface area contributed by atoms with E-state index in [4.69, 9.17) is 16.3 Å². The van der Waals surface area contributed by atoms with E-state index in [9.17, 15) is 0 Å². The second-order valence-corrected chi connectivity index (χ2v) is 5.59. The Hall–Kier alpha value is -1.52. The molecule has 114 valence electrons. The number of para-hydroxylation sites is 1. The molecule has 0 saturated carbocycles. The second kappa shape index (κ2) is 7.48. The van der Waals surface area contributed by atoms with Crippen LogP contribution in [0.5, 0.6) is 5.75 Å². The Balaban J connectivity index is 2.11. The first-order valence-corrected chi connectivity index (χ1v) is 7.63. The lowest BCUT2D eigenvalue weighted by Crippen LogP contribution is -2.22. The number of rotatable bonds is 7. The van der Waals surface area contributed by atoms with Gasteiger partial charge >= 0.3 is 0 Å². The smallest absolute Gasteiger partial charge is 0.146 e. The van der Waals surface area contributed by atoms with E-state index in [1.807, 2.05) is 24.4 Å². The fraction of sp³-hybridized carbons (Fsp3) is 0.438. The summed E-state index contributed by atoms with van der Waals surface area (Å²) in [7, 11) is 0. The summed E-state index contributed by atoms with van der Waals surface area (Å²) in [5, 5.41) is 4.02. The van der Waals surface area contributed by atoms with Gasteiger partial charge in [-0.2, -0.15) is 0 Å². The summed E-state index contributed by atoms with van der Waals surface area (Å²) in [6.07, 6.45) is 3.74. The van der Waals surface area contributed by atoms with E-state index in [1.165, 1.54) is 0 Å². The molecule has 2 aromatic rings. The summed E-state index contributed by atoms with van der Waals surface area (Å²) >= 11 is 6.28. The molecule has 1 aromatic carbocycles. The van der Waals surface area contributed by atoms with E-state index in [-0.39, 0.29) is 0 Å². The van der Waals surface area contributed by atoms with E-state index in [2.05, 4.69) is 35.6 Å². The van der Waals surface area contributed by atoms with Crippen molar-refractivity contribution in [3.05, 3.63) is 47.0 Å². The average molecular weight is 308 g/mol. The summed E-state index contributed by atoms with van der Waals surface area (Å²) in [5.74, 6) is 1.64. The number of ether oxygens (including phenoxy) is 1. The quantitative estimate of drug-likeness (QED) is 0.849. The number of benzene rings is 1. The standard InChI is InChI=1S/C16H22ClN3O/c1-4-20-9-8-18-15(20)11-21-16-13(10-19-12(2)3)6-5-7-14(16)17/h5-9,12,19H,4,10-11H2,1-3H3. The monoisotopic (exact) mass is 307 g/mol. The maximum atomic E-state index is 6.28. The molecule has 0 saturated heterocycles. The normalized spacial score (nSPS) is 11.1. The molecule has 5 heteroatoms. The largest absolute Gasteiger partial charge is 0.484 e. The Morgan fingerprint density at radius 2 is 2.19 bits per heavy atom. The molecule has 0 radical (unpaired) electrons. The number of nitrogens with one attached hydrogen (secondary N) is 1. The van der Waals surface area contributed by atoms with Crippen LogP contribution in [0.1, 0.15) is 32.2 Å². The van der Waals surface area contributed by atoms with Crippen LogP contribution in [0, 0.1) is 0 Å². The Kier molecular flexibility index (Phi) is 5.65. The molecule has 0 unspecified atom stereocenters. The highest BCUT2D eigenvalue weighted by molar-refractivity contribution is 6.32. The van der Waals surface area contributed by atoms with Gasteiger partial charge in [0.1, 0.15) is 18.2 Å². The van der Waals surface area contributed by atoms with Crippen LogP contribution in [0.2, 0.25) is 5.02 Å². The molecule has 0 atom stereocenters. The fourth-order valence-corrected chi connectivity index (χ4v) is 2.32. The minimum Gasteiger partial charge on any atom is -0.484 e. The average Bonchev–Trinajstić information content (AvgIpc) is 2.91. The van der Waals surface area contributed by atoms with Gasteiger partial charge in [-0.25, -0.2) is 4.98 Å². The maximum absolute atomic E-state index is 6.28. The summed E-state index contributed by atoms with van der Waals surface area (Å²) in [6, 6.07) is 6.24. The molecule has 0 aliphatic carbocycles. The molecule has 4 nitrogen and oxygen atoms in total. The van der Waals surface area contributed by atoms with Crippen molar-refractivity contribution in [1.82, 2.24) is 14.9 Å². The van der Waals surface area contributed by atoms with Crippen molar-refractivity contribution in [3.8, 4) is 5.75 Å². The van der Waals surface area contributed by atoms with Crippen LogP contribution >= 0.6 is 11.6 Å². The third-order valence-electron chi connectivity index (χ3n) is 3.24. The molecule has 0 fully saturated rings. The van der Waals surface area contributed by atoms with Gasteiger partial charge in [0.2, 0.25) is 0 Å². The second-order valence-electron chi connectivity index (χ2n) is 5.18. The zero-order chi connectivity index (χ0) is 15.2. The molecule has 0 bridgehead atoms. The van der Waals surface area contributed by atoms with Crippen LogP contribution in [0.25, 0.3) is 0 Å². The Morgan fingerprint density at radius 3 is 2.90 bits per heavy atom. The maximum Gasteiger partial charge on any atom is 0.146 e. The van der Waals surface area contributed by atoms with Crippen molar-refractivity contribution in [2.24, 2.45) is 0 Å². The topological polar surface area (TPSA) is 39.1 Å². The zero-order valence-corrected chi connectivity index (χ0v) is 13.5. The number of nitrogens with zero attached hydrogens (tertiary/aromatic N) is 2. The Bertz CT molecular complexity index is 581. The highest BCUT2D eigenvalue weighted by Crippen LogP contribution is 2.29. The molecule has 2 rings (SSSR count). The van der Waals surface area contributed by atoms with E-state index < -0.39 is 0 Å². The molecule has 1 heterocycles. The number of imidazole rings is 1. The Morgan fingerprint density at radius 1 is 1.38 bits per heavy atom. The lowest BCUT2D eigenvalue weighted by Gasteiger charge is -2.15. The van der Waals surface area contributed by atoms with Gasteiger partial charge in [-0.15, -0.1) is 0 Å². The van der Waals surface area contributed by atoms with Crippen molar-refractivity contribution >= 4 is 11.6 Å². The van der Waals surface area contributed by atoms with Crippen LogP contribution in [-0.4, -0.2) is 15.6 Å². The van der Waals surface area contributed by atoms with Crippen LogP contribution in [-0.2, 0) is 19.7 Å². The molecular weight excluding hydrogens is 286 g/mol. The summed E-state index contributed by atoms with van der Waals surface area (Å²) in [4.78, 5) is 4.31. The van der Waals surface area contributed by atoms with Gasteiger partial charge in [0.25, 0.3) is 0 Å². The molecule has 1 aromatic heterocycles. The highest BCUT2D eigenvalue weighted by atomic mass is 35.5. The van der Waals surface area contributed by atoms with Gasteiger partial charge in [-0.1, -0.05) is 37.6 Å². The fourth-order valence-electron chi connectivity index (χ4n) is 2.07. The van der Waals surface area contributed by atoms with E-state index in [0.717, 1.165) is 30.2 Å². The van der Waals surface area contributed by atoms with Crippen molar-refractivity contribution in [2.75, 3.05) is 0 Å². The number of aryl methyl sites for hydroxylation is 1. The molecular formula is C16H22ClN3O. The van der Waals surface area contributed by atoms with Gasteiger partial charge in [-0.05, 0) is 13.0 Å². The van der Waals surface area contributed by atoms with E-state index in [0.29, 0.717) is 17.7 Å². The molecule has 0 amide bonds. The molecule has 0 aliphatic heterocycles. The van der Waals surface area contributed by atoms with Crippen LogP contribution in [0.3, 0.4) is 0 Å². The van der Waals surface area contributed by atoms with Crippen molar-refractivity contribution in [3.63, 3.8) is 0 Å². The zero-order valence-electron chi connectivity index (χ0n) is 12.8. The van der Waals surface area contributed by atoms with Crippen molar-refractivity contribution in [2.45, 2.75) is 46.5 Å². The van der Waals surface area contributed by atoms with E-state index in [1.54, 1.807) is 6.20 Å². The van der Waals surface area contributed by atoms with Gasteiger partial charge in [-0.3, -0.25) is 0 Å². The highest BCUT2D eigenvalue weighted by Gasteiger charge is 2.10. The van der Waals surface area contributed by atoms with Crippen LogP contribution < -0.4 is 10.1 Å². The van der Waals surface area contributed by atoms with Crippen molar-refractivity contribution < 1.29 is 4.74 Å². The first kappa shape index (κ1) is 15.9. The lowest BCUT2D eigenvalue weighted by atomic mass is 10.2.